The van der Waals surface area contributed by atoms with Gasteiger partial charge >= 0.3 is 5.97 Å². The van der Waals surface area contributed by atoms with Gasteiger partial charge in [0.2, 0.25) is 0 Å². The Morgan fingerprint density at radius 1 is 0.889 bits per heavy atom. The summed E-state index contributed by atoms with van der Waals surface area (Å²) in [5, 5.41) is 9.99. The Morgan fingerprint density at radius 2 is 1.63 bits per heavy atom. The van der Waals surface area contributed by atoms with Crippen molar-refractivity contribution in [3.8, 4) is 0 Å². The smallest absolute Gasteiger partial charge is 0.306 e. The van der Waals surface area contributed by atoms with Crippen LogP contribution in [-0.2, 0) is 4.79 Å². The lowest BCUT2D eigenvalue weighted by atomic mass is 9.52. The molecule has 0 saturated heterocycles. The highest BCUT2D eigenvalue weighted by Gasteiger charge is 2.50. The van der Waals surface area contributed by atoms with Crippen LogP contribution < -0.4 is 0 Å². The molecule has 0 bridgehead atoms. The minimum absolute atomic E-state index is 0.0602. The molecule has 0 heterocycles. The van der Waals surface area contributed by atoms with Crippen LogP contribution in [0.2, 0.25) is 0 Å². The van der Waals surface area contributed by atoms with Crippen LogP contribution in [-0.4, -0.2) is 11.1 Å². The largest absolute Gasteiger partial charge is 0.481 e. The van der Waals surface area contributed by atoms with Crippen molar-refractivity contribution in [2.45, 2.75) is 110 Å². The molecule has 2 heteroatoms. The molecule has 3 aliphatic rings. The molecule has 6 atom stereocenters. The predicted molar refractivity (Wildman–Crippen MR) is 113 cm³/mol. The van der Waals surface area contributed by atoms with Crippen molar-refractivity contribution in [1.29, 1.82) is 0 Å². The molecular formula is C25H44O2. The number of rotatable bonds is 8. The van der Waals surface area contributed by atoms with Crippen molar-refractivity contribution in [3.05, 3.63) is 0 Å². The van der Waals surface area contributed by atoms with Crippen LogP contribution in [0.1, 0.15) is 110 Å². The van der Waals surface area contributed by atoms with E-state index in [1.165, 1.54) is 89.9 Å². The summed E-state index contributed by atoms with van der Waals surface area (Å²) in [5.74, 6) is 3.67. The number of hydrogen-bond donors (Lipinski definition) is 1. The average molecular weight is 377 g/mol. The van der Waals surface area contributed by atoms with E-state index in [0.29, 0.717) is 23.7 Å². The van der Waals surface area contributed by atoms with Gasteiger partial charge in [0.15, 0.2) is 0 Å². The van der Waals surface area contributed by atoms with Crippen molar-refractivity contribution >= 4 is 5.97 Å². The Kier molecular flexibility index (Phi) is 8.09. The van der Waals surface area contributed by atoms with E-state index in [2.05, 4.69) is 13.8 Å². The Hall–Kier alpha value is -0.530. The van der Waals surface area contributed by atoms with Gasteiger partial charge < -0.3 is 5.11 Å². The predicted octanol–water partition coefficient (Wildman–Crippen LogP) is 7.32. The monoisotopic (exact) mass is 376 g/mol. The number of carbonyl (C=O) groups is 1. The van der Waals surface area contributed by atoms with E-state index in [4.69, 9.17) is 0 Å². The minimum atomic E-state index is -0.492. The van der Waals surface area contributed by atoms with Crippen LogP contribution in [0.5, 0.6) is 0 Å². The highest BCUT2D eigenvalue weighted by Crippen LogP contribution is 2.55. The third-order valence-electron chi connectivity index (χ3n) is 8.61. The maximum absolute atomic E-state index is 12.1. The zero-order chi connectivity index (χ0) is 19.2. The summed E-state index contributed by atoms with van der Waals surface area (Å²) >= 11 is 0. The molecule has 2 nitrogen and oxygen atoms in total. The normalized spacial score (nSPS) is 37.7. The van der Waals surface area contributed by atoms with Gasteiger partial charge in [0, 0.05) is 0 Å². The van der Waals surface area contributed by atoms with Crippen molar-refractivity contribution in [1.82, 2.24) is 0 Å². The molecule has 0 spiro atoms. The lowest BCUT2D eigenvalue weighted by molar-refractivity contribution is -0.152. The summed E-state index contributed by atoms with van der Waals surface area (Å²) < 4.78 is 0. The molecule has 3 fully saturated rings. The second kappa shape index (κ2) is 10.3. The molecular weight excluding hydrogens is 332 g/mol. The Bertz CT molecular complexity index is 453. The van der Waals surface area contributed by atoms with Gasteiger partial charge in [-0.2, -0.15) is 0 Å². The van der Waals surface area contributed by atoms with Gasteiger partial charge in [-0.25, -0.2) is 0 Å². The third kappa shape index (κ3) is 5.30. The molecule has 0 aliphatic heterocycles. The molecule has 0 aromatic rings. The van der Waals surface area contributed by atoms with Crippen LogP contribution >= 0.6 is 0 Å². The Balaban J connectivity index is 1.61. The highest BCUT2D eigenvalue weighted by molar-refractivity contribution is 5.70. The van der Waals surface area contributed by atoms with Gasteiger partial charge in [0.1, 0.15) is 0 Å². The van der Waals surface area contributed by atoms with E-state index < -0.39 is 5.97 Å². The summed E-state index contributed by atoms with van der Waals surface area (Å²) in [5.41, 5.74) is 0. The van der Waals surface area contributed by atoms with Crippen molar-refractivity contribution in [2.24, 2.45) is 41.4 Å². The van der Waals surface area contributed by atoms with E-state index in [0.717, 1.165) is 18.3 Å². The van der Waals surface area contributed by atoms with E-state index >= 15 is 0 Å². The lowest BCUT2D eigenvalue weighted by Crippen LogP contribution is -2.48. The zero-order valence-electron chi connectivity index (χ0n) is 18.0. The van der Waals surface area contributed by atoms with Crippen LogP contribution in [0.15, 0.2) is 0 Å². The van der Waals surface area contributed by atoms with E-state index in [1.54, 1.807) is 0 Å². The first kappa shape index (κ1) is 21.2. The van der Waals surface area contributed by atoms with Gasteiger partial charge in [-0.1, -0.05) is 90.9 Å². The number of fused-ring (bicyclic) bond motifs is 1. The van der Waals surface area contributed by atoms with Gasteiger partial charge in [-0.05, 0) is 54.8 Å². The molecule has 0 amide bonds. The quantitative estimate of drug-likeness (QED) is 0.451. The third-order valence-corrected chi connectivity index (χ3v) is 8.61. The standard InChI is InChI=1S/C25H44O2/c1-3-4-5-6-8-11-19-14-15-21-22(17-19)18(2)16-23(25(26)27)24(21)20-12-9-7-10-13-20/h18-24H,3-17H2,1-2H3,(H,26,27). The summed E-state index contributed by atoms with van der Waals surface area (Å²) in [6, 6.07) is 0. The number of unbranched alkanes of at least 4 members (excludes halogenated alkanes) is 4. The fourth-order valence-electron chi connectivity index (χ4n) is 7.24. The molecule has 0 aromatic carbocycles. The second-order valence-electron chi connectivity index (χ2n) is 10.3. The van der Waals surface area contributed by atoms with Crippen LogP contribution in [0, 0.1) is 41.4 Å². The first-order valence-corrected chi connectivity index (χ1v) is 12.3. The lowest BCUT2D eigenvalue weighted by Gasteiger charge is -2.52. The highest BCUT2D eigenvalue weighted by atomic mass is 16.4. The summed E-state index contributed by atoms with van der Waals surface area (Å²) in [6.45, 7) is 4.66. The molecule has 156 valence electrons. The first-order valence-electron chi connectivity index (χ1n) is 12.3. The topological polar surface area (TPSA) is 37.3 Å². The van der Waals surface area contributed by atoms with Crippen LogP contribution in [0.25, 0.3) is 0 Å². The molecule has 27 heavy (non-hydrogen) atoms. The van der Waals surface area contributed by atoms with Crippen molar-refractivity contribution in [3.63, 3.8) is 0 Å². The van der Waals surface area contributed by atoms with Crippen LogP contribution in [0.4, 0.5) is 0 Å². The summed E-state index contributed by atoms with van der Waals surface area (Å²) in [7, 11) is 0. The van der Waals surface area contributed by atoms with Crippen LogP contribution in [0.3, 0.4) is 0 Å². The van der Waals surface area contributed by atoms with E-state index in [1.807, 2.05) is 0 Å². The molecule has 3 saturated carbocycles. The number of carboxylic acid groups (broad SMARTS) is 1. The van der Waals surface area contributed by atoms with E-state index in [9.17, 15) is 9.90 Å². The molecule has 6 unspecified atom stereocenters. The maximum atomic E-state index is 12.1. The maximum Gasteiger partial charge on any atom is 0.306 e. The minimum Gasteiger partial charge on any atom is -0.481 e. The molecule has 0 radical (unpaired) electrons. The summed E-state index contributed by atoms with van der Waals surface area (Å²) in [6.07, 6.45) is 20.1. The SMILES string of the molecule is CCCCCCCC1CCC2C(C1)C(C)CC(C(=O)O)C2C1CCCCC1. The Morgan fingerprint density at radius 3 is 2.33 bits per heavy atom. The van der Waals surface area contributed by atoms with Gasteiger partial charge in [0.25, 0.3) is 0 Å². The summed E-state index contributed by atoms with van der Waals surface area (Å²) in [4.78, 5) is 12.1. The molecule has 3 rings (SSSR count). The fraction of sp³-hybridized carbons (Fsp3) is 0.960. The molecule has 1 N–H and O–H groups in total. The Labute approximate surface area is 167 Å². The van der Waals surface area contributed by atoms with Gasteiger partial charge in [-0.15, -0.1) is 0 Å². The molecule has 3 aliphatic carbocycles. The fourth-order valence-corrected chi connectivity index (χ4v) is 7.24. The average Bonchev–Trinajstić information content (AvgIpc) is 2.68. The van der Waals surface area contributed by atoms with Gasteiger partial charge in [0.05, 0.1) is 5.92 Å². The van der Waals surface area contributed by atoms with Crippen molar-refractivity contribution < 1.29 is 9.90 Å². The second-order valence-corrected chi connectivity index (χ2v) is 10.3. The van der Waals surface area contributed by atoms with E-state index in [-0.39, 0.29) is 5.92 Å². The van der Waals surface area contributed by atoms with Gasteiger partial charge in [-0.3, -0.25) is 4.79 Å². The first-order chi connectivity index (χ1) is 13.1. The van der Waals surface area contributed by atoms with Crippen molar-refractivity contribution in [2.75, 3.05) is 0 Å². The number of carboxylic acids is 1. The number of hydrogen-bond acceptors (Lipinski definition) is 1. The molecule has 0 aromatic heterocycles. The number of aliphatic carboxylic acids is 1. The zero-order valence-corrected chi connectivity index (χ0v) is 18.0.